The number of phenols is 1. The van der Waals surface area contributed by atoms with Crippen molar-refractivity contribution in [2.24, 2.45) is 29.2 Å². The molecule has 22 N–H and O–H groups in total. The molecule has 0 bridgehead atoms. The number of fused-ring (bicyclic) bond motifs is 1. The van der Waals surface area contributed by atoms with Crippen molar-refractivity contribution in [3.63, 3.8) is 0 Å². The number of hydrogen-bond donors (Lipinski definition) is 20. The van der Waals surface area contributed by atoms with E-state index in [-0.39, 0.29) is 38.0 Å². The van der Waals surface area contributed by atoms with Gasteiger partial charge in [-0.3, -0.25) is 62.3 Å². The number of para-hydroxylation sites is 1. The van der Waals surface area contributed by atoms with Crippen LogP contribution in [-0.2, 0) is 80.0 Å². The van der Waals surface area contributed by atoms with E-state index in [1.165, 1.54) is 45.0 Å². The zero-order valence-electron chi connectivity index (χ0n) is 54.3. The Hall–Kier alpha value is -9.80. The van der Waals surface area contributed by atoms with E-state index in [1.54, 1.807) is 51.2 Å². The van der Waals surface area contributed by atoms with Gasteiger partial charge in [-0.25, -0.2) is 4.79 Å². The molecule has 34 nitrogen and oxygen atoms in total. The molecule has 530 valence electrons. The van der Waals surface area contributed by atoms with Crippen molar-refractivity contribution in [2.45, 2.75) is 185 Å². The maximum Gasteiger partial charge on any atom is 0.328 e. The first-order valence-electron chi connectivity index (χ1n) is 31.2. The van der Waals surface area contributed by atoms with E-state index in [0.717, 1.165) is 6.92 Å². The molecule has 0 saturated heterocycles. The number of nitrogens with two attached hydrogens (primary N) is 2. The SMILES string of the molecule is CC[C@H](C)[C@H](N)C(=O)N[C@@H](CC(=O)O)C(=O)N[C@@H](CC(=O)O)C(=O)N[C@@H](CCCCN)C(=O)N[C@@H](Cc1c[nH]c2ccccc12)C(=O)N[C@H](C(=O)N[C@@H](CO)C(=O)N[C@H](C(=O)N[C@@H](Cc1ccc(O)cc1)C(=O)N[C@@H](CC(=O)O)C(=O)N[C@H](C(=O)O)[C@@H](C)O)[C@@H](C)CC)C(C)C. The average Bonchev–Trinajstić information content (AvgIpc) is 1.56. The van der Waals surface area contributed by atoms with Gasteiger partial charge in [-0.05, 0) is 79.8 Å². The minimum Gasteiger partial charge on any atom is -0.508 e. The summed E-state index contributed by atoms with van der Waals surface area (Å²) in [4.78, 5) is 191. The molecule has 0 aliphatic heterocycles. The monoisotopic (exact) mass is 1350 g/mol. The van der Waals surface area contributed by atoms with Crippen LogP contribution in [0.1, 0.15) is 111 Å². The maximum atomic E-state index is 14.7. The number of unbranched alkanes of at least 4 members (excludes halogenated alkanes) is 1. The van der Waals surface area contributed by atoms with Gasteiger partial charge >= 0.3 is 23.9 Å². The van der Waals surface area contributed by atoms with E-state index in [9.17, 15) is 103 Å². The summed E-state index contributed by atoms with van der Waals surface area (Å²) < 4.78 is 0. The minimum atomic E-state index is -1.99. The number of benzene rings is 2. The molecule has 1 heterocycles. The molecule has 10 amide bonds. The number of aromatic hydroxyl groups is 1. The summed E-state index contributed by atoms with van der Waals surface area (Å²) in [5.74, 6) is -19.9. The summed E-state index contributed by atoms with van der Waals surface area (Å²) in [5, 5.41) is 93.3. The van der Waals surface area contributed by atoms with Crippen molar-refractivity contribution in [1.29, 1.82) is 0 Å². The fraction of sp³-hybridized carbons (Fsp3) is 0.548. The molecule has 14 atom stereocenters. The van der Waals surface area contributed by atoms with Crippen LogP contribution in [0.4, 0.5) is 0 Å². The van der Waals surface area contributed by atoms with E-state index in [1.807, 2.05) is 5.32 Å². The van der Waals surface area contributed by atoms with Crippen LogP contribution < -0.4 is 64.6 Å². The Balaban J connectivity index is 1.98. The number of aliphatic hydroxyl groups is 2. The number of carbonyl (C=O) groups is 14. The molecule has 3 aromatic rings. The molecule has 0 aliphatic carbocycles. The number of aliphatic carboxylic acids is 4. The highest BCUT2D eigenvalue weighted by Gasteiger charge is 2.39. The second-order valence-corrected chi connectivity index (χ2v) is 23.7. The van der Waals surface area contributed by atoms with Gasteiger partial charge in [0.15, 0.2) is 6.04 Å². The number of aromatic amines is 1. The minimum absolute atomic E-state index is 0.120. The highest BCUT2D eigenvalue weighted by Crippen LogP contribution is 2.21. The van der Waals surface area contributed by atoms with Gasteiger partial charge in [-0.15, -0.1) is 0 Å². The lowest BCUT2D eigenvalue weighted by molar-refractivity contribution is -0.146. The molecule has 0 unspecified atom stereocenters. The molecule has 96 heavy (non-hydrogen) atoms. The highest BCUT2D eigenvalue weighted by molar-refractivity contribution is 6.01. The van der Waals surface area contributed by atoms with Gasteiger partial charge in [-0.1, -0.05) is 84.7 Å². The number of carbonyl (C=O) groups excluding carboxylic acids is 10. The first kappa shape index (κ1) is 80.4. The average molecular weight is 1350 g/mol. The second-order valence-electron chi connectivity index (χ2n) is 23.7. The number of H-pyrrole nitrogens is 1. The number of nitrogens with one attached hydrogen (secondary N) is 11. The van der Waals surface area contributed by atoms with Gasteiger partial charge in [0.1, 0.15) is 60.1 Å². The topological polar surface area (TPSA) is 569 Å². The van der Waals surface area contributed by atoms with Crippen molar-refractivity contribution in [3.8, 4) is 5.75 Å². The zero-order valence-corrected chi connectivity index (χ0v) is 54.3. The van der Waals surface area contributed by atoms with E-state index in [2.05, 4.69) is 52.8 Å². The number of carboxylic acid groups (broad SMARTS) is 4. The maximum absolute atomic E-state index is 14.7. The third-order valence-corrected chi connectivity index (χ3v) is 15.8. The normalized spacial score (nSPS) is 15.6. The third kappa shape index (κ3) is 25.5. The smallest absolute Gasteiger partial charge is 0.328 e. The number of rotatable bonds is 42. The van der Waals surface area contributed by atoms with Crippen molar-refractivity contribution < 1.29 is 103 Å². The van der Waals surface area contributed by atoms with Gasteiger partial charge in [0.05, 0.1) is 38.0 Å². The summed E-state index contributed by atoms with van der Waals surface area (Å²) in [6.07, 6.45) is -3.14. The van der Waals surface area contributed by atoms with Crippen LogP contribution in [0.25, 0.3) is 10.9 Å². The van der Waals surface area contributed by atoms with Crippen LogP contribution in [0.15, 0.2) is 54.7 Å². The standard InChI is InChI=1S/C62H91N13O21/c1-8-30(5)48(64)59(92)70-42(25-46(81)82)55(88)68-41(24-45(79)80)54(87)66-38(16-12-13-21-63)52(85)67-40(23-34-27-65-37-15-11-10-14-36(34)37)56(89)73-49(29(3)4)60(93)72-44(28-76)58(91)74-50(31(6)9-2)61(94)71-39(22-33-17-19-35(78)20-18-33)53(86)69-43(26-47(83)84)57(90)75-51(32(7)77)62(95)96/h10-11,14-15,17-20,27,29-32,38-44,48-51,65,76-78H,8-9,12-13,16,21-26,28,63-64H2,1-7H3,(H,66,87)(H,67,85)(H,68,88)(H,69,86)(H,70,92)(H,71,94)(H,72,93)(H,73,89)(H,74,91)(H,75,90)(H,79,80)(H,81,82)(H,83,84)(H,95,96)/t30-,31-,32+,38-,39-,40-,41-,42-,43-,44-,48-,49-,50-,51-/m0/s1. The molecule has 0 spiro atoms. The molecule has 0 aliphatic rings. The first-order chi connectivity index (χ1) is 45.2. The second kappa shape index (κ2) is 39.2. The van der Waals surface area contributed by atoms with Crippen molar-refractivity contribution in [2.75, 3.05) is 13.2 Å². The van der Waals surface area contributed by atoms with E-state index in [4.69, 9.17) is 11.5 Å². The van der Waals surface area contributed by atoms with Gasteiger partial charge in [0, 0.05) is 29.9 Å². The summed E-state index contributed by atoms with van der Waals surface area (Å²) in [6, 6.07) is -6.67. The van der Waals surface area contributed by atoms with E-state index in [0.29, 0.717) is 34.9 Å². The molecule has 0 fully saturated rings. The molecule has 0 saturated carbocycles. The first-order valence-corrected chi connectivity index (χ1v) is 31.2. The van der Waals surface area contributed by atoms with Gasteiger partial charge in [0.25, 0.3) is 0 Å². The Bertz CT molecular complexity index is 3220. The Labute approximate surface area is 552 Å². The van der Waals surface area contributed by atoms with Crippen LogP contribution in [0.3, 0.4) is 0 Å². The van der Waals surface area contributed by atoms with E-state index < -0.39 is 206 Å². The number of hydrogen-bond acceptors (Lipinski definition) is 19. The Morgan fingerprint density at radius 2 is 0.896 bits per heavy atom. The molecule has 1 aromatic heterocycles. The third-order valence-electron chi connectivity index (χ3n) is 15.8. The highest BCUT2D eigenvalue weighted by atomic mass is 16.4. The largest absolute Gasteiger partial charge is 0.508 e. The van der Waals surface area contributed by atoms with E-state index >= 15 is 0 Å². The molecule has 2 aromatic carbocycles. The fourth-order valence-electron chi connectivity index (χ4n) is 9.69. The quantitative estimate of drug-likeness (QED) is 0.0246. The van der Waals surface area contributed by atoms with Gasteiger partial charge < -0.3 is 105 Å². The summed E-state index contributed by atoms with van der Waals surface area (Å²) in [6.45, 7) is 9.61. The lowest BCUT2D eigenvalue weighted by Crippen LogP contribution is -2.62. The van der Waals surface area contributed by atoms with Crippen LogP contribution in [-0.4, -0.2) is 209 Å². The molecular weight excluding hydrogens is 1260 g/mol. The number of aliphatic hydroxyl groups excluding tert-OH is 2. The summed E-state index contributed by atoms with van der Waals surface area (Å²) in [5.41, 5.74) is 13.2. The van der Waals surface area contributed by atoms with Gasteiger partial charge in [-0.2, -0.15) is 0 Å². The zero-order chi connectivity index (χ0) is 72.3. The number of aromatic nitrogens is 1. The molecule has 0 radical (unpaired) electrons. The van der Waals surface area contributed by atoms with Crippen LogP contribution in [0.2, 0.25) is 0 Å². The summed E-state index contributed by atoms with van der Waals surface area (Å²) in [7, 11) is 0. The summed E-state index contributed by atoms with van der Waals surface area (Å²) >= 11 is 0. The van der Waals surface area contributed by atoms with Crippen LogP contribution in [0, 0.1) is 17.8 Å². The molecular formula is C62H91N13O21. The number of carboxylic acids is 4. The number of phenolic OH excluding ortho intramolecular Hbond substituents is 1. The predicted octanol–water partition coefficient (Wildman–Crippen LogP) is -3.41. The molecule has 34 heteroatoms. The Morgan fingerprint density at radius 3 is 1.40 bits per heavy atom. The van der Waals surface area contributed by atoms with Crippen LogP contribution >= 0.6 is 0 Å². The van der Waals surface area contributed by atoms with Crippen LogP contribution in [0.5, 0.6) is 5.75 Å². The lowest BCUT2D eigenvalue weighted by Gasteiger charge is -2.30. The Morgan fingerprint density at radius 1 is 0.479 bits per heavy atom. The number of amides is 10. The predicted molar refractivity (Wildman–Crippen MR) is 341 cm³/mol. The molecule has 3 rings (SSSR count). The fourth-order valence-corrected chi connectivity index (χ4v) is 9.69. The van der Waals surface area contributed by atoms with Crippen molar-refractivity contribution in [1.82, 2.24) is 58.2 Å². The lowest BCUT2D eigenvalue weighted by atomic mass is 9.96. The van der Waals surface area contributed by atoms with Crippen molar-refractivity contribution in [3.05, 3.63) is 65.9 Å². The Kier molecular flexibility index (Phi) is 32.8. The van der Waals surface area contributed by atoms with Gasteiger partial charge in [0.2, 0.25) is 59.1 Å². The van der Waals surface area contributed by atoms with Crippen molar-refractivity contribution >= 4 is 93.9 Å².